The van der Waals surface area contributed by atoms with Crippen molar-refractivity contribution in [3.63, 3.8) is 0 Å². The van der Waals surface area contributed by atoms with Gasteiger partial charge in [0.25, 0.3) is 0 Å². The summed E-state index contributed by atoms with van der Waals surface area (Å²) >= 11 is 0. The van der Waals surface area contributed by atoms with Crippen LogP contribution >= 0.6 is 0 Å². The third-order valence-electron chi connectivity index (χ3n) is 4.81. The van der Waals surface area contributed by atoms with Crippen molar-refractivity contribution >= 4 is 23.3 Å². The van der Waals surface area contributed by atoms with Crippen molar-refractivity contribution < 1.29 is 0 Å². The Morgan fingerprint density at radius 1 is 1.19 bits per heavy atom. The molecule has 0 atom stereocenters. The predicted molar refractivity (Wildman–Crippen MR) is 110 cm³/mol. The molecule has 1 aliphatic rings. The van der Waals surface area contributed by atoms with Crippen LogP contribution in [0.25, 0.3) is 17.5 Å². The van der Waals surface area contributed by atoms with Crippen molar-refractivity contribution in [3.8, 4) is 11.4 Å². The average Bonchev–Trinajstić information content (AvgIpc) is 2.67. The Kier molecular flexibility index (Phi) is 5.40. The second-order valence-corrected chi connectivity index (χ2v) is 6.86. The molecule has 0 saturated carbocycles. The SMILES string of the molecule is C=Cc1nc(-c2cc(NC)cnc2C)nc(N2CCCCC2)c1N(C)C. The Labute approximate surface area is 156 Å². The summed E-state index contributed by atoms with van der Waals surface area (Å²) in [5.41, 5.74) is 4.70. The molecule has 1 aliphatic heterocycles. The minimum atomic E-state index is 0.702. The zero-order valence-corrected chi connectivity index (χ0v) is 16.2. The van der Waals surface area contributed by atoms with E-state index < -0.39 is 0 Å². The molecule has 3 rings (SSSR count). The molecule has 138 valence electrons. The van der Waals surface area contributed by atoms with Gasteiger partial charge < -0.3 is 15.1 Å². The fourth-order valence-electron chi connectivity index (χ4n) is 3.37. The molecule has 0 radical (unpaired) electrons. The maximum absolute atomic E-state index is 4.99. The minimum Gasteiger partial charge on any atom is -0.387 e. The summed E-state index contributed by atoms with van der Waals surface area (Å²) in [5, 5.41) is 3.14. The Bertz CT molecular complexity index is 793. The first kappa shape index (κ1) is 18.2. The van der Waals surface area contributed by atoms with Crippen molar-refractivity contribution in [2.75, 3.05) is 49.3 Å². The van der Waals surface area contributed by atoms with Gasteiger partial charge in [-0.05, 0) is 38.3 Å². The molecule has 2 aromatic rings. The van der Waals surface area contributed by atoms with Gasteiger partial charge in [0.15, 0.2) is 11.6 Å². The highest BCUT2D eigenvalue weighted by Gasteiger charge is 2.22. The molecule has 6 heteroatoms. The number of aromatic nitrogens is 3. The monoisotopic (exact) mass is 352 g/mol. The Morgan fingerprint density at radius 2 is 1.92 bits per heavy atom. The van der Waals surface area contributed by atoms with Crippen LogP contribution in [0.2, 0.25) is 0 Å². The molecule has 1 fully saturated rings. The van der Waals surface area contributed by atoms with Crippen LogP contribution in [-0.2, 0) is 0 Å². The first-order chi connectivity index (χ1) is 12.5. The molecule has 1 N–H and O–H groups in total. The van der Waals surface area contributed by atoms with Gasteiger partial charge in [0.05, 0.1) is 17.6 Å². The first-order valence-corrected chi connectivity index (χ1v) is 9.16. The summed E-state index contributed by atoms with van der Waals surface area (Å²) < 4.78 is 0. The zero-order chi connectivity index (χ0) is 18.7. The van der Waals surface area contributed by atoms with Crippen LogP contribution in [-0.4, -0.2) is 49.2 Å². The van der Waals surface area contributed by atoms with Gasteiger partial charge in [0.1, 0.15) is 5.69 Å². The molecule has 0 amide bonds. The van der Waals surface area contributed by atoms with Gasteiger partial charge in [0.2, 0.25) is 0 Å². The summed E-state index contributed by atoms with van der Waals surface area (Å²) in [5.74, 6) is 1.69. The summed E-state index contributed by atoms with van der Waals surface area (Å²) in [6.07, 6.45) is 7.33. The van der Waals surface area contributed by atoms with Crippen molar-refractivity contribution in [3.05, 3.63) is 30.2 Å². The second kappa shape index (κ2) is 7.72. The molecule has 1 saturated heterocycles. The van der Waals surface area contributed by atoms with E-state index in [9.17, 15) is 0 Å². The van der Waals surface area contributed by atoms with Crippen LogP contribution in [0.1, 0.15) is 30.7 Å². The maximum atomic E-state index is 4.99. The Hall–Kier alpha value is -2.63. The van der Waals surface area contributed by atoms with Crippen molar-refractivity contribution in [1.29, 1.82) is 0 Å². The van der Waals surface area contributed by atoms with E-state index in [0.29, 0.717) is 5.82 Å². The van der Waals surface area contributed by atoms with Crippen LogP contribution < -0.4 is 15.1 Å². The van der Waals surface area contributed by atoms with Gasteiger partial charge in [0, 0.05) is 45.5 Å². The topological polar surface area (TPSA) is 57.2 Å². The van der Waals surface area contributed by atoms with E-state index in [1.807, 2.05) is 40.3 Å². The largest absolute Gasteiger partial charge is 0.387 e. The van der Waals surface area contributed by atoms with E-state index in [1.165, 1.54) is 19.3 Å². The van der Waals surface area contributed by atoms with Gasteiger partial charge in [-0.15, -0.1) is 0 Å². The molecule has 3 heterocycles. The van der Waals surface area contributed by atoms with Gasteiger partial charge in [-0.2, -0.15) is 0 Å². The number of aryl methyl sites for hydroxylation is 1. The smallest absolute Gasteiger partial charge is 0.164 e. The Morgan fingerprint density at radius 3 is 2.54 bits per heavy atom. The number of hydrogen-bond donors (Lipinski definition) is 1. The van der Waals surface area contributed by atoms with Gasteiger partial charge in [-0.3, -0.25) is 4.98 Å². The van der Waals surface area contributed by atoms with E-state index in [-0.39, 0.29) is 0 Å². The molecule has 0 bridgehead atoms. The number of nitrogens with zero attached hydrogens (tertiary/aromatic N) is 5. The van der Waals surface area contributed by atoms with Crippen LogP contribution in [0.15, 0.2) is 18.8 Å². The van der Waals surface area contributed by atoms with Crippen molar-refractivity contribution in [1.82, 2.24) is 15.0 Å². The standard InChI is InChI=1S/C20H28N6/c1-6-17-18(25(4)5)20(26-10-8-7-9-11-26)24-19(23-17)16-12-15(21-3)13-22-14(16)2/h6,12-13,21H,1,7-11H2,2-5H3. The van der Waals surface area contributed by atoms with Gasteiger partial charge in [-0.25, -0.2) is 9.97 Å². The predicted octanol–water partition coefficient (Wildman–Crippen LogP) is 3.59. The molecule has 0 aromatic carbocycles. The zero-order valence-electron chi connectivity index (χ0n) is 16.2. The lowest BCUT2D eigenvalue weighted by atomic mass is 10.1. The molecular formula is C20H28N6. The number of piperidine rings is 1. The molecule has 0 aliphatic carbocycles. The van der Waals surface area contributed by atoms with Crippen LogP contribution in [0.3, 0.4) is 0 Å². The average molecular weight is 352 g/mol. The fourth-order valence-corrected chi connectivity index (χ4v) is 3.37. The summed E-state index contributed by atoms with van der Waals surface area (Å²) in [4.78, 5) is 18.7. The first-order valence-electron chi connectivity index (χ1n) is 9.16. The van der Waals surface area contributed by atoms with E-state index in [1.54, 1.807) is 0 Å². The number of hydrogen-bond acceptors (Lipinski definition) is 6. The molecule has 26 heavy (non-hydrogen) atoms. The van der Waals surface area contributed by atoms with Gasteiger partial charge >= 0.3 is 0 Å². The van der Waals surface area contributed by atoms with E-state index >= 15 is 0 Å². The lowest BCUT2D eigenvalue weighted by Crippen LogP contribution is -2.32. The second-order valence-electron chi connectivity index (χ2n) is 6.86. The number of nitrogens with one attached hydrogen (secondary N) is 1. The van der Waals surface area contributed by atoms with Crippen molar-refractivity contribution in [2.24, 2.45) is 0 Å². The van der Waals surface area contributed by atoms with E-state index in [4.69, 9.17) is 9.97 Å². The molecule has 6 nitrogen and oxygen atoms in total. The Balaban J connectivity index is 2.19. The fraction of sp³-hybridized carbons (Fsp3) is 0.450. The lowest BCUT2D eigenvalue weighted by molar-refractivity contribution is 0.573. The van der Waals surface area contributed by atoms with E-state index in [0.717, 1.165) is 47.2 Å². The third kappa shape index (κ3) is 3.49. The normalized spacial score (nSPS) is 14.2. The molecule has 0 unspecified atom stereocenters. The van der Waals surface area contributed by atoms with Gasteiger partial charge in [-0.1, -0.05) is 6.58 Å². The summed E-state index contributed by atoms with van der Waals surface area (Å²) in [7, 11) is 5.96. The summed E-state index contributed by atoms with van der Waals surface area (Å²) in [6, 6.07) is 2.06. The van der Waals surface area contributed by atoms with Crippen LogP contribution in [0.4, 0.5) is 17.2 Å². The quantitative estimate of drug-likeness (QED) is 0.887. The number of rotatable bonds is 5. The minimum absolute atomic E-state index is 0.702. The molecular weight excluding hydrogens is 324 g/mol. The highest BCUT2D eigenvalue weighted by Crippen LogP contribution is 2.34. The number of pyridine rings is 1. The van der Waals surface area contributed by atoms with Crippen LogP contribution in [0.5, 0.6) is 0 Å². The van der Waals surface area contributed by atoms with Crippen LogP contribution in [0, 0.1) is 6.92 Å². The maximum Gasteiger partial charge on any atom is 0.164 e. The highest BCUT2D eigenvalue weighted by atomic mass is 15.2. The third-order valence-corrected chi connectivity index (χ3v) is 4.81. The molecule has 0 spiro atoms. The lowest BCUT2D eigenvalue weighted by Gasteiger charge is -2.32. The highest BCUT2D eigenvalue weighted by molar-refractivity contribution is 5.79. The van der Waals surface area contributed by atoms with Crippen molar-refractivity contribution in [2.45, 2.75) is 26.2 Å². The summed E-state index contributed by atoms with van der Waals surface area (Å²) in [6.45, 7) is 8.04. The molecule has 2 aromatic heterocycles. The van der Waals surface area contributed by atoms with E-state index in [2.05, 4.69) is 32.7 Å². The number of anilines is 3.